The van der Waals surface area contributed by atoms with Crippen LogP contribution in [0.5, 0.6) is 5.75 Å². The number of rotatable bonds is 5. The van der Waals surface area contributed by atoms with Gasteiger partial charge in [-0.3, -0.25) is 0 Å². The van der Waals surface area contributed by atoms with Crippen LogP contribution in [0.3, 0.4) is 0 Å². The third-order valence-electron chi connectivity index (χ3n) is 5.43. The molecule has 2 aromatic rings. The van der Waals surface area contributed by atoms with E-state index in [1.165, 1.54) is 19.0 Å². The van der Waals surface area contributed by atoms with Gasteiger partial charge in [-0.2, -0.15) is 0 Å². The average molecular weight is 364 g/mol. The number of allylic oxidation sites excluding steroid dienone is 1. The summed E-state index contributed by atoms with van der Waals surface area (Å²) >= 11 is 0. The molecule has 2 aliphatic heterocycles. The van der Waals surface area contributed by atoms with Crippen LogP contribution >= 0.6 is 0 Å². The van der Waals surface area contributed by atoms with Crippen LogP contribution in [-0.2, 0) is 0 Å². The van der Waals surface area contributed by atoms with Gasteiger partial charge in [-0.05, 0) is 55.5 Å². The highest BCUT2D eigenvalue weighted by Crippen LogP contribution is 2.31. The predicted molar refractivity (Wildman–Crippen MR) is 107 cm³/mol. The number of aromatic nitrogens is 2. The topological polar surface area (TPSA) is 120 Å². The molecule has 140 valence electrons. The van der Waals surface area contributed by atoms with Crippen molar-refractivity contribution in [2.75, 3.05) is 5.32 Å². The van der Waals surface area contributed by atoms with E-state index in [1.54, 1.807) is 18.2 Å². The smallest absolute Gasteiger partial charge is 0.148 e. The van der Waals surface area contributed by atoms with Crippen LogP contribution in [0.25, 0.3) is 16.8 Å². The minimum Gasteiger partial charge on any atom is -0.507 e. The Morgan fingerprint density at radius 2 is 1.96 bits per heavy atom. The first-order chi connectivity index (χ1) is 13.2. The highest BCUT2D eigenvalue weighted by Gasteiger charge is 2.33. The molecule has 27 heavy (non-hydrogen) atoms. The number of piperidine rings is 1. The van der Waals surface area contributed by atoms with Gasteiger partial charge in [-0.15, -0.1) is 10.2 Å². The Morgan fingerprint density at radius 3 is 2.56 bits per heavy atom. The molecule has 3 atom stereocenters. The van der Waals surface area contributed by atoms with Gasteiger partial charge in [0.25, 0.3) is 0 Å². The zero-order valence-electron chi connectivity index (χ0n) is 15.0. The number of anilines is 1. The summed E-state index contributed by atoms with van der Waals surface area (Å²) in [5, 5.41) is 33.4. The molecule has 1 aromatic carbocycles. The van der Waals surface area contributed by atoms with Gasteiger partial charge in [-0.25, -0.2) is 0 Å². The minimum atomic E-state index is 0.0821. The molecule has 0 amide bonds. The lowest BCUT2D eigenvalue weighted by molar-refractivity contribution is 0.377. The van der Waals surface area contributed by atoms with Crippen molar-refractivity contribution in [2.45, 2.75) is 43.8 Å². The van der Waals surface area contributed by atoms with E-state index in [-0.39, 0.29) is 5.75 Å². The number of phenols is 1. The number of benzene rings is 1. The van der Waals surface area contributed by atoms with Crippen molar-refractivity contribution in [3.05, 3.63) is 42.1 Å². The van der Waals surface area contributed by atoms with Gasteiger partial charge in [0.15, 0.2) is 0 Å². The molecule has 6 N–H and O–H groups in total. The maximum absolute atomic E-state index is 10.3. The average Bonchev–Trinajstić information content (AvgIpc) is 3.02. The van der Waals surface area contributed by atoms with Gasteiger partial charge in [0.1, 0.15) is 11.6 Å². The van der Waals surface area contributed by atoms with Crippen LogP contribution in [0.4, 0.5) is 5.82 Å². The van der Waals surface area contributed by atoms with Gasteiger partial charge < -0.3 is 26.9 Å². The molecule has 0 saturated carbocycles. The summed E-state index contributed by atoms with van der Waals surface area (Å²) in [6.45, 7) is 0. The fourth-order valence-electron chi connectivity index (χ4n) is 4.09. The van der Waals surface area contributed by atoms with Gasteiger partial charge in [0.2, 0.25) is 0 Å². The van der Waals surface area contributed by atoms with Gasteiger partial charge in [0.05, 0.1) is 5.69 Å². The van der Waals surface area contributed by atoms with Crippen LogP contribution in [0.15, 0.2) is 36.5 Å². The molecule has 1 unspecified atom stereocenters. The van der Waals surface area contributed by atoms with E-state index in [0.717, 1.165) is 24.9 Å². The second-order valence-electron chi connectivity index (χ2n) is 7.25. The van der Waals surface area contributed by atoms with Crippen LogP contribution in [0.1, 0.15) is 31.2 Å². The monoisotopic (exact) mass is 364 g/mol. The largest absolute Gasteiger partial charge is 0.507 e. The van der Waals surface area contributed by atoms with E-state index in [1.807, 2.05) is 12.1 Å². The molecule has 0 spiro atoms. The van der Waals surface area contributed by atoms with Crippen molar-refractivity contribution < 1.29 is 5.11 Å². The molecule has 7 nitrogen and oxygen atoms in total. The molecule has 1 aromatic heterocycles. The maximum atomic E-state index is 10.3. The van der Waals surface area contributed by atoms with Gasteiger partial charge in [-0.1, -0.05) is 6.07 Å². The first-order valence-corrected chi connectivity index (χ1v) is 9.28. The Labute approximate surface area is 158 Å². The standard InChI is InChI=1S/C20H24N6O/c21-10-13(11-22)12-1-4-17(19(27)7-12)18-5-6-20(26-25-18)24-16-8-14-2-3-15(9-16)23-14/h1,4-7,10-11,14-16,21,23,27H,2-3,8-9,22H2,(H,24,26)/b13-11+,21-10?/t14-,15+,16?. The Balaban J connectivity index is 1.48. The molecular formula is C20H24N6O. The van der Waals surface area contributed by atoms with Crippen LogP contribution in [-0.4, -0.2) is 39.6 Å². The second-order valence-corrected chi connectivity index (χ2v) is 7.25. The normalized spacial score (nSPS) is 24.6. The maximum Gasteiger partial charge on any atom is 0.148 e. The van der Waals surface area contributed by atoms with E-state index >= 15 is 0 Å². The molecular weight excluding hydrogens is 340 g/mol. The fourth-order valence-corrected chi connectivity index (χ4v) is 4.09. The summed E-state index contributed by atoms with van der Waals surface area (Å²) < 4.78 is 0. The summed E-state index contributed by atoms with van der Waals surface area (Å²) in [5.41, 5.74) is 7.92. The predicted octanol–water partition coefficient (Wildman–Crippen LogP) is 2.49. The summed E-state index contributed by atoms with van der Waals surface area (Å²) in [5.74, 6) is 0.844. The van der Waals surface area contributed by atoms with Crippen molar-refractivity contribution in [3.63, 3.8) is 0 Å². The Bertz CT molecular complexity index is 851. The van der Waals surface area contributed by atoms with Crippen molar-refractivity contribution in [1.82, 2.24) is 15.5 Å². The molecule has 3 heterocycles. The van der Waals surface area contributed by atoms with E-state index in [0.29, 0.717) is 40.5 Å². The molecule has 2 saturated heterocycles. The lowest BCUT2D eigenvalue weighted by atomic mass is 10.00. The molecule has 7 heteroatoms. The number of fused-ring (bicyclic) bond motifs is 2. The zero-order valence-corrected chi connectivity index (χ0v) is 15.0. The molecule has 4 rings (SSSR count). The van der Waals surface area contributed by atoms with E-state index in [2.05, 4.69) is 20.8 Å². The first kappa shape index (κ1) is 17.5. The second kappa shape index (κ2) is 7.36. The molecule has 2 bridgehead atoms. The highest BCUT2D eigenvalue weighted by atomic mass is 16.3. The molecule has 2 fully saturated rings. The SMILES string of the molecule is N=C/C(=C\N)c1ccc(-c2ccc(NC3C[C@H]4CC[C@@H](C3)N4)nn2)c(O)c1. The van der Waals surface area contributed by atoms with Crippen LogP contribution in [0, 0.1) is 5.41 Å². The number of hydrogen-bond acceptors (Lipinski definition) is 7. The number of nitrogens with zero attached hydrogens (tertiary/aromatic N) is 2. The van der Waals surface area contributed by atoms with Crippen molar-refractivity contribution in [3.8, 4) is 17.0 Å². The molecule has 0 radical (unpaired) electrons. The highest BCUT2D eigenvalue weighted by molar-refractivity contribution is 6.08. The fraction of sp³-hybridized carbons (Fsp3) is 0.350. The first-order valence-electron chi connectivity index (χ1n) is 9.28. The Kier molecular flexibility index (Phi) is 4.77. The molecule has 0 aliphatic carbocycles. The van der Waals surface area contributed by atoms with Crippen LogP contribution in [0.2, 0.25) is 0 Å². The summed E-state index contributed by atoms with van der Waals surface area (Å²) in [7, 11) is 0. The van der Waals surface area contributed by atoms with Gasteiger partial charge >= 0.3 is 0 Å². The minimum absolute atomic E-state index is 0.0821. The van der Waals surface area contributed by atoms with Crippen molar-refractivity contribution >= 4 is 17.6 Å². The quantitative estimate of drug-likeness (QED) is 0.520. The van der Waals surface area contributed by atoms with Crippen molar-refractivity contribution in [2.24, 2.45) is 5.73 Å². The van der Waals surface area contributed by atoms with Gasteiger partial charge in [0, 0.05) is 41.7 Å². The number of nitrogens with two attached hydrogens (primary N) is 1. The number of aromatic hydroxyl groups is 1. The van der Waals surface area contributed by atoms with E-state index in [9.17, 15) is 5.11 Å². The van der Waals surface area contributed by atoms with Crippen molar-refractivity contribution in [1.29, 1.82) is 5.41 Å². The Hall–Kier alpha value is -2.93. The third kappa shape index (κ3) is 3.64. The summed E-state index contributed by atoms with van der Waals surface area (Å²) in [4.78, 5) is 0. The third-order valence-corrected chi connectivity index (χ3v) is 5.43. The summed E-state index contributed by atoms with van der Waals surface area (Å²) in [6, 6.07) is 10.6. The zero-order chi connectivity index (χ0) is 18.8. The molecule has 2 aliphatic rings. The number of phenolic OH excluding ortho intramolecular Hbond substituents is 1. The number of nitrogens with one attached hydrogen (secondary N) is 3. The Morgan fingerprint density at radius 1 is 1.19 bits per heavy atom. The lowest BCUT2D eigenvalue weighted by Gasteiger charge is -2.29. The van der Waals surface area contributed by atoms with E-state index < -0.39 is 0 Å². The van der Waals surface area contributed by atoms with Crippen LogP contribution < -0.4 is 16.4 Å². The lowest BCUT2D eigenvalue weighted by Crippen LogP contribution is -2.43. The summed E-state index contributed by atoms with van der Waals surface area (Å²) in [6.07, 6.45) is 7.26. The van der Waals surface area contributed by atoms with E-state index in [4.69, 9.17) is 11.1 Å². The number of hydrogen-bond donors (Lipinski definition) is 5.